The van der Waals surface area contributed by atoms with E-state index in [4.69, 9.17) is 4.74 Å². The molecule has 0 aliphatic carbocycles. The molecule has 0 radical (unpaired) electrons. The van der Waals surface area contributed by atoms with E-state index < -0.39 is 6.09 Å². The van der Waals surface area contributed by atoms with Crippen molar-refractivity contribution in [2.45, 2.75) is 38.5 Å². The smallest absolute Gasteiger partial charge is 0.410 e. The fourth-order valence-corrected chi connectivity index (χ4v) is 2.74. The summed E-state index contributed by atoms with van der Waals surface area (Å²) >= 11 is 1.27. The standard InChI is InChI=1S/C18H21NO2S/c1-4-5-15-7-9-16(10-8-15)21-18(20)19-22-17-11-6-13(2)12-14(17)3/h6-12H,4-5H2,1-3H3,(H,19,20). The quantitative estimate of drug-likeness (QED) is 0.784. The molecule has 3 nitrogen and oxygen atoms in total. The molecule has 4 heteroatoms. The highest BCUT2D eigenvalue weighted by Crippen LogP contribution is 2.21. The average Bonchev–Trinajstić information content (AvgIpc) is 2.49. The number of rotatable bonds is 5. The van der Waals surface area contributed by atoms with Gasteiger partial charge in [0, 0.05) is 4.90 Å². The van der Waals surface area contributed by atoms with Gasteiger partial charge in [-0.2, -0.15) is 0 Å². The summed E-state index contributed by atoms with van der Waals surface area (Å²) in [6.45, 7) is 6.21. The number of benzene rings is 2. The Balaban J connectivity index is 1.87. The maximum atomic E-state index is 11.8. The summed E-state index contributed by atoms with van der Waals surface area (Å²) in [5, 5.41) is 0. The van der Waals surface area contributed by atoms with E-state index in [9.17, 15) is 4.79 Å². The van der Waals surface area contributed by atoms with Crippen LogP contribution in [0.5, 0.6) is 5.75 Å². The predicted octanol–water partition coefficient (Wildman–Crippen LogP) is 5.05. The Bertz CT molecular complexity index is 638. The highest BCUT2D eigenvalue weighted by atomic mass is 32.2. The monoisotopic (exact) mass is 315 g/mol. The van der Waals surface area contributed by atoms with Crippen molar-refractivity contribution in [3.8, 4) is 5.75 Å². The first-order chi connectivity index (χ1) is 10.6. The molecule has 0 spiro atoms. The Morgan fingerprint density at radius 2 is 1.86 bits per heavy atom. The van der Waals surface area contributed by atoms with Crippen molar-refractivity contribution in [3.63, 3.8) is 0 Å². The van der Waals surface area contributed by atoms with Gasteiger partial charge in [-0.15, -0.1) is 0 Å². The molecule has 0 bridgehead atoms. The van der Waals surface area contributed by atoms with Crippen LogP contribution in [0.25, 0.3) is 0 Å². The number of hydrogen-bond donors (Lipinski definition) is 1. The molecule has 116 valence electrons. The van der Waals surface area contributed by atoms with Gasteiger partial charge < -0.3 is 4.74 Å². The van der Waals surface area contributed by atoms with Gasteiger partial charge in [-0.25, -0.2) is 4.79 Å². The van der Waals surface area contributed by atoms with Crippen LogP contribution >= 0.6 is 11.9 Å². The summed E-state index contributed by atoms with van der Waals surface area (Å²) in [6.07, 6.45) is 1.68. The largest absolute Gasteiger partial charge is 0.422 e. The number of carbonyl (C=O) groups excluding carboxylic acids is 1. The lowest BCUT2D eigenvalue weighted by molar-refractivity contribution is 0.207. The highest BCUT2D eigenvalue weighted by molar-refractivity contribution is 7.98. The number of hydrogen-bond acceptors (Lipinski definition) is 3. The Morgan fingerprint density at radius 1 is 1.14 bits per heavy atom. The van der Waals surface area contributed by atoms with E-state index in [-0.39, 0.29) is 0 Å². The first-order valence-corrected chi connectivity index (χ1v) is 8.21. The lowest BCUT2D eigenvalue weighted by Crippen LogP contribution is -2.20. The molecular weight excluding hydrogens is 294 g/mol. The number of amides is 1. The second-order valence-electron chi connectivity index (χ2n) is 5.26. The Morgan fingerprint density at radius 3 is 2.50 bits per heavy atom. The molecular formula is C18H21NO2S. The third-order valence-corrected chi connectivity index (χ3v) is 4.19. The van der Waals surface area contributed by atoms with Crippen LogP contribution in [0.3, 0.4) is 0 Å². The summed E-state index contributed by atoms with van der Waals surface area (Å²) in [7, 11) is 0. The summed E-state index contributed by atoms with van der Waals surface area (Å²) in [6, 6.07) is 13.7. The van der Waals surface area contributed by atoms with Gasteiger partial charge in [0.25, 0.3) is 0 Å². The van der Waals surface area contributed by atoms with E-state index in [0.29, 0.717) is 5.75 Å². The van der Waals surface area contributed by atoms with Crippen molar-refractivity contribution in [3.05, 3.63) is 59.2 Å². The van der Waals surface area contributed by atoms with Crippen LogP contribution in [0.4, 0.5) is 4.79 Å². The van der Waals surface area contributed by atoms with Crippen molar-refractivity contribution < 1.29 is 9.53 Å². The van der Waals surface area contributed by atoms with E-state index in [1.807, 2.05) is 50.2 Å². The number of nitrogens with one attached hydrogen (secondary N) is 1. The minimum Gasteiger partial charge on any atom is -0.410 e. The van der Waals surface area contributed by atoms with Gasteiger partial charge >= 0.3 is 6.09 Å². The molecule has 1 N–H and O–H groups in total. The molecule has 2 aromatic carbocycles. The normalized spacial score (nSPS) is 10.3. The van der Waals surface area contributed by atoms with E-state index in [1.165, 1.54) is 23.1 Å². The fraction of sp³-hybridized carbons (Fsp3) is 0.278. The molecule has 0 saturated carbocycles. The van der Waals surface area contributed by atoms with Gasteiger partial charge in [0.05, 0.1) is 0 Å². The average molecular weight is 315 g/mol. The molecule has 0 saturated heterocycles. The van der Waals surface area contributed by atoms with Crippen molar-refractivity contribution in [2.75, 3.05) is 0 Å². The molecule has 1 amide bonds. The lowest BCUT2D eigenvalue weighted by atomic mass is 10.1. The Kier molecular flexibility index (Phi) is 5.90. The van der Waals surface area contributed by atoms with Crippen molar-refractivity contribution in [1.82, 2.24) is 4.72 Å². The fourth-order valence-electron chi connectivity index (χ4n) is 2.15. The van der Waals surface area contributed by atoms with Gasteiger partial charge in [0.1, 0.15) is 5.75 Å². The van der Waals surface area contributed by atoms with Crippen LogP contribution in [-0.4, -0.2) is 6.09 Å². The van der Waals surface area contributed by atoms with Crippen LogP contribution in [0.2, 0.25) is 0 Å². The number of ether oxygens (including phenoxy) is 1. The van der Waals surface area contributed by atoms with Gasteiger partial charge in [-0.05, 0) is 61.5 Å². The van der Waals surface area contributed by atoms with Gasteiger partial charge in [-0.1, -0.05) is 43.2 Å². The molecule has 0 heterocycles. The van der Waals surface area contributed by atoms with Gasteiger partial charge in [0.15, 0.2) is 0 Å². The minimum atomic E-state index is -0.465. The maximum absolute atomic E-state index is 11.8. The first-order valence-electron chi connectivity index (χ1n) is 7.39. The lowest BCUT2D eigenvalue weighted by Gasteiger charge is -2.08. The highest BCUT2D eigenvalue weighted by Gasteiger charge is 2.06. The van der Waals surface area contributed by atoms with Crippen molar-refractivity contribution in [1.29, 1.82) is 0 Å². The Hall–Kier alpha value is -1.94. The van der Waals surface area contributed by atoms with Crippen molar-refractivity contribution >= 4 is 18.0 Å². The topological polar surface area (TPSA) is 38.3 Å². The van der Waals surface area contributed by atoms with Crippen LogP contribution in [-0.2, 0) is 6.42 Å². The van der Waals surface area contributed by atoms with Gasteiger partial charge in [-0.3, -0.25) is 4.72 Å². The number of carbonyl (C=O) groups is 1. The zero-order valence-electron chi connectivity index (χ0n) is 13.2. The van der Waals surface area contributed by atoms with Gasteiger partial charge in [0.2, 0.25) is 0 Å². The minimum absolute atomic E-state index is 0.465. The van der Waals surface area contributed by atoms with Crippen LogP contribution in [0.1, 0.15) is 30.0 Å². The molecule has 0 aliphatic rings. The zero-order valence-corrected chi connectivity index (χ0v) is 14.0. The van der Waals surface area contributed by atoms with E-state index in [0.717, 1.165) is 23.3 Å². The molecule has 2 rings (SSSR count). The summed E-state index contributed by atoms with van der Waals surface area (Å²) in [5.41, 5.74) is 3.59. The molecule has 0 atom stereocenters. The summed E-state index contributed by atoms with van der Waals surface area (Å²) in [5.74, 6) is 0.554. The zero-order chi connectivity index (χ0) is 15.9. The second kappa shape index (κ2) is 7.90. The molecule has 0 aromatic heterocycles. The molecule has 0 unspecified atom stereocenters. The number of aryl methyl sites for hydroxylation is 3. The summed E-state index contributed by atoms with van der Waals surface area (Å²) < 4.78 is 7.96. The third-order valence-electron chi connectivity index (χ3n) is 3.25. The van der Waals surface area contributed by atoms with Crippen LogP contribution < -0.4 is 9.46 Å². The third kappa shape index (κ3) is 4.81. The first kappa shape index (κ1) is 16.4. The second-order valence-corrected chi connectivity index (χ2v) is 6.10. The van der Waals surface area contributed by atoms with Crippen LogP contribution in [0, 0.1) is 13.8 Å². The SMILES string of the molecule is CCCc1ccc(OC(=O)NSc2ccc(C)cc2C)cc1. The molecule has 22 heavy (non-hydrogen) atoms. The molecule has 0 fully saturated rings. The Labute approximate surface area is 136 Å². The van der Waals surface area contributed by atoms with E-state index in [1.54, 1.807) is 0 Å². The maximum Gasteiger partial charge on any atom is 0.422 e. The van der Waals surface area contributed by atoms with Crippen molar-refractivity contribution in [2.24, 2.45) is 0 Å². The molecule has 2 aromatic rings. The predicted molar refractivity (Wildman–Crippen MR) is 91.4 cm³/mol. The van der Waals surface area contributed by atoms with E-state index in [2.05, 4.69) is 17.7 Å². The van der Waals surface area contributed by atoms with Crippen LogP contribution in [0.15, 0.2) is 47.4 Å². The summed E-state index contributed by atoms with van der Waals surface area (Å²) in [4.78, 5) is 12.8. The molecule has 0 aliphatic heterocycles. The van der Waals surface area contributed by atoms with E-state index >= 15 is 0 Å².